The van der Waals surface area contributed by atoms with Gasteiger partial charge in [0, 0.05) is 0 Å². The molecule has 0 atom stereocenters. The van der Waals surface area contributed by atoms with Gasteiger partial charge >= 0.3 is 0 Å². The van der Waals surface area contributed by atoms with Crippen LogP contribution in [0.5, 0.6) is 0 Å². The van der Waals surface area contributed by atoms with E-state index in [2.05, 4.69) is 32.2 Å². The van der Waals surface area contributed by atoms with Crippen molar-refractivity contribution in [2.45, 2.75) is 52.4 Å². The van der Waals surface area contributed by atoms with E-state index in [1.54, 1.807) is 0 Å². The zero-order chi connectivity index (χ0) is 12.2. The van der Waals surface area contributed by atoms with E-state index in [-0.39, 0.29) is 0 Å². The van der Waals surface area contributed by atoms with Gasteiger partial charge in [0.05, 0.1) is 0 Å². The van der Waals surface area contributed by atoms with Crippen LogP contribution in [0.2, 0.25) is 0 Å². The lowest BCUT2D eigenvalue weighted by Gasteiger charge is -2.06. The molecule has 0 amide bonds. The van der Waals surface area contributed by atoms with Crippen molar-refractivity contribution in [3.8, 4) is 0 Å². The molecule has 0 radical (unpaired) electrons. The Kier molecular flexibility index (Phi) is 9.80. The highest BCUT2D eigenvalue weighted by Gasteiger charge is 1.98. The Balaban J connectivity index is 3.93. The number of unbranched alkanes of at least 4 members (excludes halogenated alkanes) is 4. The van der Waals surface area contributed by atoms with Crippen molar-refractivity contribution in [3.05, 3.63) is 48.6 Å². The van der Waals surface area contributed by atoms with E-state index in [0.717, 1.165) is 6.42 Å². The molecule has 0 unspecified atom stereocenters. The van der Waals surface area contributed by atoms with Crippen LogP contribution in [0.25, 0.3) is 0 Å². The van der Waals surface area contributed by atoms with E-state index in [4.69, 9.17) is 0 Å². The molecule has 0 aromatic carbocycles. The highest BCUT2D eigenvalue weighted by Crippen LogP contribution is 2.18. The molecule has 0 saturated heterocycles. The molecule has 0 aliphatic heterocycles. The maximum Gasteiger partial charge on any atom is -0.0234 e. The second-order valence-corrected chi connectivity index (χ2v) is 4.13. The minimum Gasteiger partial charge on any atom is -0.0990 e. The first-order valence-corrected chi connectivity index (χ1v) is 6.39. The largest absolute Gasteiger partial charge is 0.0990 e. The van der Waals surface area contributed by atoms with Gasteiger partial charge in [0.2, 0.25) is 0 Å². The Bertz CT molecular complexity index is 253. The summed E-state index contributed by atoms with van der Waals surface area (Å²) in [7, 11) is 0. The molecule has 0 bridgehead atoms. The molecule has 90 valence electrons. The first-order chi connectivity index (χ1) is 7.76. The van der Waals surface area contributed by atoms with Gasteiger partial charge in [-0.1, -0.05) is 70.1 Å². The SMILES string of the molecule is C=C/C=C(\C=C/C)C(=C)CCCCCCC. The highest BCUT2D eigenvalue weighted by molar-refractivity contribution is 5.39. The van der Waals surface area contributed by atoms with Crippen LogP contribution in [-0.2, 0) is 0 Å². The van der Waals surface area contributed by atoms with Crippen molar-refractivity contribution in [3.63, 3.8) is 0 Å². The Morgan fingerprint density at radius 3 is 2.38 bits per heavy atom. The van der Waals surface area contributed by atoms with E-state index in [9.17, 15) is 0 Å². The Morgan fingerprint density at radius 1 is 1.12 bits per heavy atom. The summed E-state index contributed by atoms with van der Waals surface area (Å²) in [6, 6.07) is 0. The molecule has 0 aliphatic rings. The molecule has 0 rings (SSSR count). The van der Waals surface area contributed by atoms with E-state index in [1.807, 2.05) is 19.1 Å². The third-order valence-corrected chi connectivity index (χ3v) is 2.63. The number of allylic oxidation sites excluding steroid dienone is 6. The van der Waals surface area contributed by atoms with Crippen molar-refractivity contribution in [2.24, 2.45) is 0 Å². The Morgan fingerprint density at radius 2 is 1.81 bits per heavy atom. The van der Waals surface area contributed by atoms with Gasteiger partial charge in [-0.15, -0.1) is 0 Å². The van der Waals surface area contributed by atoms with Crippen LogP contribution in [0.3, 0.4) is 0 Å². The van der Waals surface area contributed by atoms with Gasteiger partial charge in [0.25, 0.3) is 0 Å². The standard InChI is InChI=1S/C16H26/c1-5-8-9-10-11-14-15(4)16(12-6-2)13-7-3/h6-7,12-13H,2,4-5,8-11,14H2,1,3H3/b13-7-,16-12+. The van der Waals surface area contributed by atoms with Gasteiger partial charge in [-0.2, -0.15) is 0 Å². The van der Waals surface area contributed by atoms with Gasteiger partial charge in [-0.3, -0.25) is 0 Å². The topological polar surface area (TPSA) is 0 Å². The summed E-state index contributed by atoms with van der Waals surface area (Å²) in [5, 5.41) is 0. The molecular weight excluding hydrogens is 192 g/mol. The lowest BCUT2D eigenvalue weighted by molar-refractivity contribution is 0.632. The van der Waals surface area contributed by atoms with E-state index >= 15 is 0 Å². The molecule has 0 saturated carbocycles. The molecule has 0 N–H and O–H groups in total. The van der Waals surface area contributed by atoms with Crippen LogP contribution >= 0.6 is 0 Å². The number of hydrogen-bond donors (Lipinski definition) is 0. The van der Waals surface area contributed by atoms with Crippen molar-refractivity contribution in [2.75, 3.05) is 0 Å². The molecule has 0 heterocycles. The molecule has 0 spiro atoms. The summed E-state index contributed by atoms with van der Waals surface area (Å²) in [4.78, 5) is 0. The Hall–Kier alpha value is -1.04. The minimum atomic E-state index is 1.10. The first-order valence-electron chi connectivity index (χ1n) is 6.39. The molecule has 0 nitrogen and oxygen atoms in total. The predicted octanol–water partition coefficient (Wildman–Crippen LogP) is 5.59. The lowest BCUT2D eigenvalue weighted by atomic mass is 10.00. The van der Waals surface area contributed by atoms with Crippen molar-refractivity contribution in [1.29, 1.82) is 0 Å². The summed E-state index contributed by atoms with van der Waals surface area (Å²) in [5.41, 5.74) is 2.45. The summed E-state index contributed by atoms with van der Waals surface area (Å²) in [6.07, 6.45) is 15.7. The average Bonchev–Trinajstić information content (AvgIpc) is 2.28. The summed E-state index contributed by atoms with van der Waals surface area (Å²) >= 11 is 0. The summed E-state index contributed by atoms with van der Waals surface area (Å²) in [5.74, 6) is 0. The van der Waals surface area contributed by atoms with Gasteiger partial charge in [-0.25, -0.2) is 0 Å². The minimum absolute atomic E-state index is 1.10. The molecule has 0 aromatic rings. The molecular formula is C16H26. The second kappa shape index (κ2) is 10.5. The van der Waals surface area contributed by atoms with Crippen molar-refractivity contribution >= 4 is 0 Å². The fourth-order valence-electron chi connectivity index (χ4n) is 1.68. The zero-order valence-electron chi connectivity index (χ0n) is 11.0. The van der Waals surface area contributed by atoms with Crippen LogP contribution in [0.15, 0.2) is 48.6 Å². The average molecular weight is 218 g/mol. The van der Waals surface area contributed by atoms with Gasteiger partial charge in [0.1, 0.15) is 0 Å². The van der Waals surface area contributed by atoms with E-state index in [0.29, 0.717) is 0 Å². The molecule has 16 heavy (non-hydrogen) atoms. The van der Waals surface area contributed by atoms with Crippen LogP contribution in [0, 0.1) is 0 Å². The van der Waals surface area contributed by atoms with E-state index in [1.165, 1.54) is 43.3 Å². The first kappa shape index (κ1) is 15.0. The molecule has 0 heteroatoms. The maximum atomic E-state index is 4.14. The monoisotopic (exact) mass is 218 g/mol. The predicted molar refractivity (Wildman–Crippen MR) is 75.6 cm³/mol. The van der Waals surface area contributed by atoms with Crippen LogP contribution in [0.1, 0.15) is 52.4 Å². The second-order valence-electron chi connectivity index (χ2n) is 4.13. The Labute approximate surface area is 101 Å². The summed E-state index contributed by atoms with van der Waals surface area (Å²) in [6.45, 7) is 12.2. The third kappa shape index (κ3) is 7.28. The zero-order valence-corrected chi connectivity index (χ0v) is 11.0. The molecule has 0 fully saturated rings. The highest BCUT2D eigenvalue weighted by atomic mass is 14.0. The lowest BCUT2D eigenvalue weighted by Crippen LogP contribution is -1.86. The fraction of sp³-hybridized carbons (Fsp3) is 0.500. The third-order valence-electron chi connectivity index (χ3n) is 2.63. The maximum absolute atomic E-state index is 4.14. The van der Waals surface area contributed by atoms with Gasteiger partial charge in [0.15, 0.2) is 0 Å². The smallest absolute Gasteiger partial charge is 0.0234 e. The van der Waals surface area contributed by atoms with Gasteiger partial charge < -0.3 is 0 Å². The van der Waals surface area contributed by atoms with E-state index < -0.39 is 0 Å². The molecule has 0 aliphatic carbocycles. The number of hydrogen-bond acceptors (Lipinski definition) is 0. The fourth-order valence-corrected chi connectivity index (χ4v) is 1.68. The van der Waals surface area contributed by atoms with Crippen molar-refractivity contribution in [1.82, 2.24) is 0 Å². The molecule has 0 aromatic heterocycles. The van der Waals surface area contributed by atoms with Crippen LogP contribution < -0.4 is 0 Å². The quantitative estimate of drug-likeness (QED) is 0.349. The van der Waals surface area contributed by atoms with Gasteiger partial charge in [-0.05, 0) is 30.9 Å². The van der Waals surface area contributed by atoms with Crippen LogP contribution in [0.4, 0.5) is 0 Å². The number of rotatable bonds is 9. The normalized spacial score (nSPS) is 12.0. The summed E-state index contributed by atoms with van der Waals surface area (Å²) < 4.78 is 0. The van der Waals surface area contributed by atoms with Crippen LogP contribution in [-0.4, -0.2) is 0 Å². The van der Waals surface area contributed by atoms with Crippen molar-refractivity contribution < 1.29 is 0 Å².